The minimum atomic E-state index is 0.555. The van der Waals surface area contributed by atoms with Gasteiger partial charge in [-0.05, 0) is 38.5 Å². The molecule has 0 aliphatic carbocycles. The van der Waals surface area contributed by atoms with Gasteiger partial charge in [0.2, 0.25) is 5.95 Å². The molecule has 0 aliphatic rings. The fourth-order valence-electron chi connectivity index (χ4n) is 0.992. The Morgan fingerprint density at radius 2 is 2.43 bits per heavy atom. The zero-order chi connectivity index (χ0) is 9.97. The van der Waals surface area contributed by atoms with Crippen molar-refractivity contribution in [2.45, 2.75) is 6.54 Å². The van der Waals surface area contributed by atoms with Crippen LogP contribution in [0.2, 0.25) is 0 Å². The SMILES string of the molecule is Cn1nnnc1NCc1ccc(Br)o1. The van der Waals surface area contributed by atoms with Crippen LogP contribution in [0.5, 0.6) is 0 Å². The maximum Gasteiger partial charge on any atom is 0.243 e. The second-order valence-electron chi connectivity index (χ2n) is 2.69. The summed E-state index contributed by atoms with van der Waals surface area (Å²) >= 11 is 3.23. The van der Waals surface area contributed by atoms with E-state index in [1.807, 2.05) is 12.1 Å². The molecule has 0 saturated heterocycles. The number of anilines is 1. The van der Waals surface area contributed by atoms with Crippen LogP contribution in [0.3, 0.4) is 0 Å². The number of nitrogens with one attached hydrogen (secondary N) is 1. The summed E-state index contributed by atoms with van der Waals surface area (Å²) in [6.07, 6.45) is 0. The highest BCUT2D eigenvalue weighted by Crippen LogP contribution is 2.14. The van der Waals surface area contributed by atoms with E-state index in [-0.39, 0.29) is 0 Å². The summed E-state index contributed by atoms with van der Waals surface area (Å²) in [4.78, 5) is 0. The van der Waals surface area contributed by atoms with E-state index in [0.717, 1.165) is 5.76 Å². The maximum atomic E-state index is 5.30. The van der Waals surface area contributed by atoms with Crippen molar-refractivity contribution in [1.82, 2.24) is 20.2 Å². The van der Waals surface area contributed by atoms with Crippen molar-refractivity contribution in [3.05, 3.63) is 22.6 Å². The van der Waals surface area contributed by atoms with Gasteiger partial charge in [-0.25, -0.2) is 4.68 Å². The number of aryl methyl sites for hydroxylation is 1. The van der Waals surface area contributed by atoms with Gasteiger partial charge in [-0.15, -0.1) is 0 Å². The van der Waals surface area contributed by atoms with Crippen LogP contribution in [-0.2, 0) is 13.6 Å². The first-order chi connectivity index (χ1) is 6.75. The molecule has 0 unspecified atom stereocenters. The van der Waals surface area contributed by atoms with Crippen molar-refractivity contribution in [3.63, 3.8) is 0 Å². The lowest BCUT2D eigenvalue weighted by molar-refractivity contribution is 0.494. The lowest BCUT2D eigenvalue weighted by Gasteiger charge is -2.00. The molecule has 0 amide bonds. The van der Waals surface area contributed by atoms with Crippen molar-refractivity contribution in [2.24, 2.45) is 7.05 Å². The summed E-state index contributed by atoms with van der Waals surface area (Å²) in [5, 5.41) is 14.0. The fraction of sp³-hybridized carbons (Fsp3) is 0.286. The average molecular weight is 258 g/mol. The van der Waals surface area contributed by atoms with Crippen molar-refractivity contribution < 1.29 is 4.42 Å². The lowest BCUT2D eigenvalue weighted by atomic mass is 10.4. The zero-order valence-electron chi connectivity index (χ0n) is 7.44. The van der Waals surface area contributed by atoms with Gasteiger partial charge in [-0.1, -0.05) is 5.10 Å². The minimum absolute atomic E-state index is 0.555. The first-order valence-electron chi connectivity index (χ1n) is 3.96. The van der Waals surface area contributed by atoms with Crippen molar-refractivity contribution in [3.8, 4) is 0 Å². The molecule has 1 N–H and O–H groups in total. The molecule has 6 nitrogen and oxygen atoms in total. The van der Waals surface area contributed by atoms with Crippen LogP contribution in [-0.4, -0.2) is 20.2 Å². The molecule has 0 saturated carbocycles. The Morgan fingerprint density at radius 3 is 3.00 bits per heavy atom. The van der Waals surface area contributed by atoms with Gasteiger partial charge >= 0.3 is 0 Å². The van der Waals surface area contributed by atoms with Gasteiger partial charge in [0.05, 0.1) is 6.54 Å². The second-order valence-corrected chi connectivity index (χ2v) is 3.47. The van der Waals surface area contributed by atoms with Gasteiger partial charge in [0, 0.05) is 7.05 Å². The smallest absolute Gasteiger partial charge is 0.243 e. The molecule has 0 aliphatic heterocycles. The van der Waals surface area contributed by atoms with Crippen LogP contribution in [0.4, 0.5) is 5.95 Å². The Kier molecular flexibility index (Phi) is 2.49. The maximum absolute atomic E-state index is 5.30. The molecule has 14 heavy (non-hydrogen) atoms. The summed E-state index contributed by atoms with van der Waals surface area (Å²) in [5.41, 5.74) is 0. The number of rotatable bonds is 3. The monoisotopic (exact) mass is 257 g/mol. The molecule has 74 valence electrons. The van der Waals surface area contributed by atoms with Crippen LogP contribution >= 0.6 is 15.9 Å². The lowest BCUT2D eigenvalue weighted by Crippen LogP contribution is -2.04. The summed E-state index contributed by atoms with van der Waals surface area (Å²) in [5.74, 6) is 1.43. The highest BCUT2D eigenvalue weighted by molar-refractivity contribution is 9.10. The number of nitrogens with zero attached hydrogens (tertiary/aromatic N) is 4. The van der Waals surface area contributed by atoms with Crippen molar-refractivity contribution in [2.75, 3.05) is 5.32 Å². The quantitative estimate of drug-likeness (QED) is 0.895. The number of tetrazole rings is 1. The molecule has 2 heterocycles. The number of halogens is 1. The number of hydrogen-bond donors (Lipinski definition) is 1. The van der Waals surface area contributed by atoms with E-state index in [1.165, 1.54) is 0 Å². The molecule has 0 fully saturated rings. The third kappa shape index (κ3) is 1.92. The predicted molar refractivity (Wildman–Crippen MR) is 52.5 cm³/mol. The Hall–Kier alpha value is -1.37. The summed E-state index contributed by atoms with van der Waals surface area (Å²) in [7, 11) is 1.76. The average Bonchev–Trinajstić information content (AvgIpc) is 2.72. The van der Waals surface area contributed by atoms with Crippen molar-refractivity contribution >= 4 is 21.9 Å². The molecule has 0 spiro atoms. The van der Waals surface area contributed by atoms with Crippen LogP contribution < -0.4 is 5.32 Å². The molecule has 0 aromatic carbocycles. The predicted octanol–water partition coefficient (Wildman–Crippen LogP) is 1.18. The van der Waals surface area contributed by atoms with E-state index < -0.39 is 0 Å². The van der Waals surface area contributed by atoms with Gasteiger partial charge in [0.15, 0.2) is 4.67 Å². The molecule has 2 aromatic heterocycles. The highest BCUT2D eigenvalue weighted by Gasteiger charge is 2.03. The Morgan fingerprint density at radius 1 is 1.57 bits per heavy atom. The summed E-state index contributed by atoms with van der Waals surface area (Å²) in [6.45, 7) is 0.555. The van der Waals surface area contributed by atoms with Crippen LogP contribution in [0, 0.1) is 0 Å². The van der Waals surface area contributed by atoms with Crippen molar-refractivity contribution in [1.29, 1.82) is 0 Å². The van der Waals surface area contributed by atoms with Gasteiger partial charge < -0.3 is 9.73 Å². The van der Waals surface area contributed by atoms with E-state index in [1.54, 1.807) is 11.7 Å². The van der Waals surface area contributed by atoms with Crippen LogP contribution in [0.25, 0.3) is 0 Å². The van der Waals surface area contributed by atoms with Gasteiger partial charge in [0.1, 0.15) is 5.76 Å². The normalized spacial score (nSPS) is 10.4. The van der Waals surface area contributed by atoms with E-state index in [9.17, 15) is 0 Å². The number of aromatic nitrogens is 4. The summed E-state index contributed by atoms with van der Waals surface area (Å²) < 4.78 is 7.56. The summed E-state index contributed by atoms with van der Waals surface area (Å²) in [6, 6.07) is 3.72. The van der Waals surface area contributed by atoms with E-state index >= 15 is 0 Å². The molecular formula is C7H8BrN5O. The molecule has 2 rings (SSSR count). The number of furan rings is 1. The van der Waals surface area contributed by atoms with Crippen LogP contribution in [0.1, 0.15) is 5.76 Å². The first-order valence-corrected chi connectivity index (χ1v) is 4.75. The fourth-order valence-corrected chi connectivity index (χ4v) is 1.33. The Labute approximate surface area is 88.4 Å². The molecule has 0 atom stereocenters. The molecular weight excluding hydrogens is 250 g/mol. The third-order valence-electron chi connectivity index (χ3n) is 1.67. The molecule has 0 bridgehead atoms. The van der Waals surface area contributed by atoms with Gasteiger partial charge in [-0.3, -0.25) is 0 Å². The van der Waals surface area contributed by atoms with Gasteiger partial charge in [0.25, 0.3) is 0 Å². The molecule has 0 radical (unpaired) electrons. The van der Waals surface area contributed by atoms with Gasteiger partial charge in [-0.2, -0.15) is 0 Å². The molecule has 7 heteroatoms. The highest BCUT2D eigenvalue weighted by atomic mass is 79.9. The second kappa shape index (κ2) is 3.79. The first kappa shape index (κ1) is 9.20. The third-order valence-corrected chi connectivity index (χ3v) is 2.10. The van der Waals surface area contributed by atoms with E-state index in [4.69, 9.17) is 4.42 Å². The van der Waals surface area contributed by atoms with E-state index in [2.05, 4.69) is 36.8 Å². The Bertz CT molecular complexity index is 423. The minimum Gasteiger partial charge on any atom is -0.452 e. The number of hydrogen-bond acceptors (Lipinski definition) is 5. The molecule has 2 aromatic rings. The van der Waals surface area contributed by atoms with E-state index in [0.29, 0.717) is 17.2 Å². The zero-order valence-corrected chi connectivity index (χ0v) is 9.02. The Balaban J connectivity index is 1.98. The standard InChI is InChI=1S/C7H8BrN5O/c1-13-7(10-11-12-13)9-4-5-2-3-6(8)14-5/h2-3H,4H2,1H3,(H,9,10,12). The largest absolute Gasteiger partial charge is 0.452 e. The van der Waals surface area contributed by atoms with Crippen LogP contribution in [0.15, 0.2) is 21.2 Å². The topological polar surface area (TPSA) is 68.8 Å².